The van der Waals surface area contributed by atoms with Crippen molar-refractivity contribution in [3.63, 3.8) is 0 Å². The predicted octanol–water partition coefficient (Wildman–Crippen LogP) is 3.34. The summed E-state index contributed by atoms with van der Waals surface area (Å²) >= 11 is 0. The zero-order chi connectivity index (χ0) is 18.7. The average molecular weight is 353 g/mol. The fourth-order valence-electron chi connectivity index (χ4n) is 3.57. The number of rotatable bonds is 5. The first-order valence-corrected chi connectivity index (χ1v) is 9.12. The third-order valence-corrected chi connectivity index (χ3v) is 5.18. The summed E-state index contributed by atoms with van der Waals surface area (Å²) in [5.41, 5.74) is 4.51. The van der Waals surface area contributed by atoms with Gasteiger partial charge in [0.1, 0.15) is 0 Å². The molecule has 1 unspecified atom stereocenters. The van der Waals surface area contributed by atoms with E-state index < -0.39 is 5.97 Å². The summed E-state index contributed by atoms with van der Waals surface area (Å²) in [4.78, 5) is 20.4. The van der Waals surface area contributed by atoms with Gasteiger partial charge in [0.05, 0.1) is 17.7 Å². The van der Waals surface area contributed by atoms with E-state index in [0.717, 1.165) is 30.0 Å². The number of piperidine rings is 1. The largest absolute Gasteiger partial charge is 0.481 e. The Morgan fingerprint density at radius 2 is 1.81 bits per heavy atom. The van der Waals surface area contributed by atoms with Crippen LogP contribution in [0.25, 0.3) is 0 Å². The number of benzene rings is 1. The van der Waals surface area contributed by atoms with Crippen molar-refractivity contribution < 1.29 is 9.90 Å². The van der Waals surface area contributed by atoms with Crippen LogP contribution in [0.1, 0.15) is 35.7 Å². The van der Waals surface area contributed by atoms with E-state index in [4.69, 9.17) is 0 Å². The van der Waals surface area contributed by atoms with E-state index in [1.807, 2.05) is 27.2 Å². The van der Waals surface area contributed by atoms with Gasteiger partial charge in [0, 0.05) is 26.0 Å². The molecule has 1 aliphatic heterocycles. The fourth-order valence-corrected chi connectivity index (χ4v) is 3.57. The molecule has 0 spiro atoms. The van der Waals surface area contributed by atoms with E-state index >= 15 is 0 Å². The monoisotopic (exact) mass is 353 g/mol. The first-order chi connectivity index (χ1) is 12.5. The highest BCUT2D eigenvalue weighted by Crippen LogP contribution is 2.32. The molecule has 3 rings (SSSR count). The molecule has 1 aromatic heterocycles. The molecular formula is C21H27N3O2. The van der Waals surface area contributed by atoms with Crippen molar-refractivity contribution in [2.45, 2.75) is 25.8 Å². The summed E-state index contributed by atoms with van der Waals surface area (Å²) in [6.07, 6.45) is 3.28. The fraction of sp³-hybridized carbons (Fsp3) is 0.429. The molecule has 5 heteroatoms. The van der Waals surface area contributed by atoms with Gasteiger partial charge in [-0.3, -0.25) is 14.7 Å². The summed E-state index contributed by atoms with van der Waals surface area (Å²) in [7, 11) is 4.06. The third-order valence-electron chi connectivity index (χ3n) is 5.18. The summed E-state index contributed by atoms with van der Waals surface area (Å²) < 4.78 is 0. The summed E-state index contributed by atoms with van der Waals surface area (Å²) in [5.74, 6) is -0.904. The predicted molar refractivity (Wildman–Crippen MR) is 104 cm³/mol. The molecule has 1 saturated heterocycles. The molecule has 0 bridgehead atoms. The summed E-state index contributed by atoms with van der Waals surface area (Å²) in [6, 6.07) is 12.8. The Morgan fingerprint density at radius 3 is 2.31 bits per heavy atom. The third kappa shape index (κ3) is 4.05. The van der Waals surface area contributed by atoms with Gasteiger partial charge in [0.15, 0.2) is 0 Å². The SMILES string of the molecule is Cc1ccc(C(c2ccc(N(C)C)cc2)N2CCC(C(=O)O)CC2)nc1. The molecule has 0 radical (unpaired) electrons. The molecule has 1 fully saturated rings. The van der Waals surface area contributed by atoms with E-state index in [1.54, 1.807) is 0 Å². The zero-order valence-corrected chi connectivity index (χ0v) is 15.7. The van der Waals surface area contributed by atoms with Crippen LogP contribution < -0.4 is 4.90 Å². The van der Waals surface area contributed by atoms with Gasteiger partial charge >= 0.3 is 5.97 Å². The van der Waals surface area contributed by atoms with E-state index in [9.17, 15) is 9.90 Å². The van der Waals surface area contributed by atoms with Crippen LogP contribution in [0.2, 0.25) is 0 Å². The number of hydrogen-bond acceptors (Lipinski definition) is 4. The number of aryl methyl sites for hydroxylation is 1. The summed E-state index contributed by atoms with van der Waals surface area (Å²) in [6.45, 7) is 3.58. The van der Waals surface area contributed by atoms with Crippen molar-refractivity contribution in [2.75, 3.05) is 32.1 Å². The van der Waals surface area contributed by atoms with Crippen molar-refractivity contribution >= 4 is 11.7 Å². The average Bonchev–Trinajstić information content (AvgIpc) is 2.64. The molecule has 5 nitrogen and oxygen atoms in total. The van der Waals surface area contributed by atoms with E-state index in [1.165, 1.54) is 5.56 Å². The lowest BCUT2D eigenvalue weighted by Crippen LogP contribution is -2.39. The lowest BCUT2D eigenvalue weighted by molar-refractivity contribution is -0.143. The number of carboxylic acids is 1. The van der Waals surface area contributed by atoms with Gasteiger partial charge in [-0.1, -0.05) is 18.2 Å². The first kappa shape index (κ1) is 18.4. The molecule has 138 valence electrons. The minimum Gasteiger partial charge on any atom is -0.481 e. The Morgan fingerprint density at radius 1 is 1.15 bits per heavy atom. The standard InChI is InChI=1S/C21H27N3O2/c1-15-4-9-19(22-14-15)20(16-5-7-18(8-6-16)23(2)3)24-12-10-17(11-13-24)21(25)26/h4-9,14,17,20H,10-13H2,1-3H3,(H,25,26). The van der Waals surface area contributed by atoms with Crippen molar-refractivity contribution in [1.29, 1.82) is 0 Å². The molecule has 1 aliphatic rings. The van der Waals surface area contributed by atoms with Crippen molar-refractivity contribution in [3.8, 4) is 0 Å². The van der Waals surface area contributed by atoms with Crippen molar-refractivity contribution in [1.82, 2.24) is 9.88 Å². The zero-order valence-electron chi connectivity index (χ0n) is 15.7. The van der Waals surface area contributed by atoms with Gasteiger partial charge in [0.2, 0.25) is 0 Å². The van der Waals surface area contributed by atoms with Gasteiger partial charge in [-0.15, -0.1) is 0 Å². The van der Waals surface area contributed by atoms with Gasteiger partial charge in [-0.25, -0.2) is 0 Å². The minimum atomic E-state index is -0.676. The number of likely N-dealkylation sites (tertiary alicyclic amines) is 1. The Bertz CT molecular complexity index is 733. The van der Waals surface area contributed by atoms with Gasteiger partial charge in [-0.2, -0.15) is 0 Å². The first-order valence-electron chi connectivity index (χ1n) is 9.12. The van der Waals surface area contributed by atoms with Crippen LogP contribution >= 0.6 is 0 Å². The van der Waals surface area contributed by atoms with Crippen LogP contribution in [0.3, 0.4) is 0 Å². The molecule has 0 amide bonds. The number of aromatic nitrogens is 1. The highest BCUT2D eigenvalue weighted by atomic mass is 16.4. The Labute approximate surface area is 155 Å². The van der Waals surface area contributed by atoms with Gasteiger partial charge in [-0.05, 0) is 62.2 Å². The maximum absolute atomic E-state index is 11.3. The second-order valence-electron chi connectivity index (χ2n) is 7.30. The van der Waals surface area contributed by atoms with Crippen LogP contribution in [0.4, 0.5) is 5.69 Å². The Balaban J connectivity index is 1.89. The van der Waals surface area contributed by atoms with E-state index in [0.29, 0.717) is 12.8 Å². The quantitative estimate of drug-likeness (QED) is 0.893. The lowest BCUT2D eigenvalue weighted by atomic mass is 9.93. The summed E-state index contributed by atoms with van der Waals surface area (Å²) in [5, 5.41) is 9.27. The van der Waals surface area contributed by atoms with Crippen LogP contribution in [-0.2, 0) is 4.79 Å². The van der Waals surface area contributed by atoms with Gasteiger partial charge in [0.25, 0.3) is 0 Å². The van der Waals surface area contributed by atoms with E-state index in [2.05, 4.69) is 51.2 Å². The molecule has 2 aromatic rings. The van der Waals surface area contributed by atoms with Crippen LogP contribution in [0.5, 0.6) is 0 Å². The smallest absolute Gasteiger partial charge is 0.306 e. The minimum absolute atomic E-state index is 0.0570. The molecular weight excluding hydrogens is 326 g/mol. The molecule has 26 heavy (non-hydrogen) atoms. The molecule has 0 aliphatic carbocycles. The van der Waals surface area contributed by atoms with Crippen molar-refractivity contribution in [3.05, 3.63) is 59.4 Å². The van der Waals surface area contributed by atoms with Crippen molar-refractivity contribution in [2.24, 2.45) is 5.92 Å². The molecule has 0 saturated carbocycles. The number of aliphatic carboxylic acids is 1. The number of nitrogens with zero attached hydrogens (tertiary/aromatic N) is 3. The number of anilines is 1. The lowest BCUT2D eigenvalue weighted by Gasteiger charge is -2.36. The molecule has 1 atom stereocenters. The maximum Gasteiger partial charge on any atom is 0.306 e. The number of hydrogen-bond donors (Lipinski definition) is 1. The highest BCUT2D eigenvalue weighted by molar-refractivity contribution is 5.70. The van der Waals surface area contributed by atoms with Crippen LogP contribution in [-0.4, -0.2) is 48.1 Å². The number of carboxylic acid groups (broad SMARTS) is 1. The van der Waals surface area contributed by atoms with Crippen LogP contribution in [0, 0.1) is 12.8 Å². The number of carbonyl (C=O) groups is 1. The van der Waals surface area contributed by atoms with Crippen LogP contribution in [0.15, 0.2) is 42.6 Å². The highest BCUT2D eigenvalue weighted by Gasteiger charge is 2.30. The Hall–Kier alpha value is -2.40. The van der Waals surface area contributed by atoms with Gasteiger partial charge < -0.3 is 10.0 Å². The normalized spacial score (nSPS) is 17.0. The maximum atomic E-state index is 11.3. The Kier molecular flexibility index (Phi) is 5.57. The second-order valence-corrected chi connectivity index (χ2v) is 7.30. The number of pyridine rings is 1. The molecule has 1 N–H and O–H groups in total. The topological polar surface area (TPSA) is 56.7 Å². The molecule has 1 aromatic carbocycles. The van der Waals surface area contributed by atoms with E-state index in [-0.39, 0.29) is 12.0 Å². The second kappa shape index (κ2) is 7.87. The molecule has 2 heterocycles.